The second-order valence-corrected chi connectivity index (χ2v) is 6.42. The highest BCUT2D eigenvalue weighted by molar-refractivity contribution is 6.32. The van der Waals surface area contributed by atoms with Gasteiger partial charge < -0.3 is 15.2 Å². The van der Waals surface area contributed by atoms with Crippen molar-refractivity contribution in [3.8, 4) is 5.75 Å². The second-order valence-electron chi connectivity index (χ2n) is 6.01. The molecular formula is C19H23Cl2NO2. The second kappa shape index (κ2) is 9.28. The van der Waals surface area contributed by atoms with Crippen LogP contribution in [0.1, 0.15) is 17.5 Å². The van der Waals surface area contributed by atoms with Crippen LogP contribution >= 0.6 is 24.0 Å². The molecule has 0 fully saturated rings. The number of aliphatic hydroxyl groups excluding tert-OH is 1. The van der Waals surface area contributed by atoms with E-state index in [1.165, 1.54) is 11.1 Å². The zero-order valence-corrected chi connectivity index (χ0v) is 15.0. The Kier molecular flexibility index (Phi) is 7.38. The number of halogens is 2. The van der Waals surface area contributed by atoms with Crippen molar-refractivity contribution in [2.45, 2.75) is 31.4 Å². The molecule has 2 aromatic rings. The van der Waals surface area contributed by atoms with E-state index in [1.54, 1.807) is 12.1 Å². The van der Waals surface area contributed by atoms with Crippen molar-refractivity contribution in [3.05, 3.63) is 64.7 Å². The third-order valence-corrected chi connectivity index (χ3v) is 4.57. The molecule has 1 aliphatic rings. The summed E-state index contributed by atoms with van der Waals surface area (Å²) >= 11 is 6.03. The van der Waals surface area contributed by atoms with Crippen LogP contribution in [-0.2, 0) is 12.8 Å². The molecule has 3 nitrogen and oxygen atoms in total. The van der Waals surface area contributed by atoms with Crippen molar-refractivity contribution in [1.29, 1.82) is 0 Å². The van der Waals surface area contributed by atoms with Gasteiger partial charge in [0.25, 0.3) is 0 Å². The van der Waals surface area contributed by atoms with Gasteiger partial charge >= 0.3 is 0 Å². The molecule has 0 saturated heterocycles. The summed E-state index contributed by atoms with van der Waals surface area (Å²) in [6, 6.07) is 16.3. The lowest BCUT2D eigenvalue weighted by molar-refractivity contribution is 0.103. The number of ether oxygens (including phenoxy) is 1. The Labute approximate surface area is 154 Å². The fraction of sp³-hybridized carbons (Fsp3) is 0.368. The van der Waals surface area contributed by atoms with Gasteiger partial charge in [-0.1, -0.05) is 48.0 Å². The van der Waals surface area contributed by atoms with E-state index >= 15 is 0 Å². The molecule has 0 heterocycles. The topological polar surface area (TPSA) is 41.5 Å². The van der Waals surface area contributed by atoms with Gasteiger partial charge in [0.1, 0.15) is 18.5 Å². The van der Waals surface area contributed by atoms with Gasteiger partial charge in [0.15, 0.2) is 0 Å². The summed E-state index contributed by atoms with van der Waals surface area (Å²) in [5.74, 6) is 0.611. The summed E-state index contributed by atoms with van der Waals surface area (Å²) in [6.45, 7) is 0.761. The highest BCUT2D eigenvalue weighted by Gasteiger charge is 2.18. The first-order valence-corrected chi connectivity index (χ1v) is 8.45. The molecule has 0 aliphatic heterocycles. The summed E-state index contributed by atoms with van der Waals surface area (Å²) in [5.41, 5.74) is 2.87. The Bertz CT molecular complexity index is 651. The molecule has 2 unspecified atom stereocenters. The average Bonchev–Trinajstić information content (AvgIpc) is 2.59. The molecule has 0 amide bonds. The number of hydrogen-bond donors (Lipinski definition) is 2. The Morgan fingerprint density at radius 1 is 1.12 bits per heavy atom. The van der Waals surface area contributed by atoms with E-state index in [0.717, 1.165) is 19.3 Å². The highest BCUT2D eigenvalue weighted by atomic mass is 35.5. The maximum atomic E-state index is 10.1. The van der Waals surface area contributed by atoms with E-state index < -0.39 is 6.10 Å². The molecule has 0 saturated carbocycles. The summed E-state index contributed by atoms with van der Waals surface area (Å²) in [7, 11) is 0. The Hall–Kier alpha value is -1.26. The predicted octanol–water partition coefficient (Wildman–Crippen LogP) is 3.65. The number of aryl methyl sites for hydroxylation is 1. The fourth-order valence-corrected chi connectivity index (χ4v) is 3.17. The Morgan fingerprint density at radius 3 is 2.62 bits per heavy atom. The molecule has 0 radical (unpaired) electrons. The van der Waals surface area contributed by atoms with E-state index in [0.29, 0.717) is 23.4 Å². The van der Waals surface area contributed by atoms with E-state index in [-0.39, 0.29) is 19.0 Å². The zero-order valence-electron chi connectivity index (χ0n) is 13.5. The minimum Gasteiger partial charge on any atom is -0.489 e. The van der Waals surface area contributed by atoms with Crippen molar-refractivity contribution >= 4 is 24.0 Å². The van der Waals surface area contributed by atoms with Gasteiger partial charge in [0.2, 0.25) is 0 Å². The molecule has 0 aromatic heterocycles. The molecule has 130 valence electrons. The maximum Gasteiger partial charge on any atom is 0.138 e. The largest absolute Gasteiger partial charge is 0.489 e. The lowest BCUT2D eigenvalue weighted by atomic mass is 9.88. The van der Waals surface area contributed by atoms with Crippen molar-refractivity contribution in [1.82, 2.24) is 5.32 Å². The molecule has 24 heavy (non-hydrogen) atoms. The minimum absolute atomic E-state index is 0. The number of nitrogens with one attached hydrogen (secondary N) is 1. The van der Waals surface area contributed by atoms with Gasteiger partial charge in [-0.3, -0.25) is 0 Å². The van der Waals surface area contributed by atoms with Crippen LogP contribution in [0.25, 0.3) is 0 Å². The van der Waals surface area contributed by atoms with Crippen LogP contribution in [0.2, 0.25) is 5.02 Å². The minimum atomic E-state index is -0.552. The summed E-state index contributed by atoms with van der Waals surface area (Å²) in [4.78, 5) is 0. The number of hydrogen-bond acceptors (Lipinski definition) is 3. The Morgan fingerprint density at radius 2 is 1.83 bits per heavy atom. The van der Waals surface area contributed by atoms with Crippen LogP contribution in [0.3, 0.4) is 0 Å². The van der Waals surface area contributed by atoms with Gasteiger partial charge in [0.05, 0.1) is 5.02 Å². The smallest absolute Gasteiger partial charge is 0.138 e. The van der Waals surface area contributed by atoms with Crippen LogP contribution in [0.4, 0.5) is 0 Å². The van der Waals surface area contributed by atoms with Crippen molar-refractivity contribution in [2.24, 2.45) is 0 Å². The molecule has 5 heteroatoms. The third-order valence-electron chi connectivity index (χ3n) is 4.26. The first-order valence-electron chi connectivity index (χ1n) is 8.08. The fourth-order valence-electron chi connectivity index (χ4n) is 2.98. The van der Waals surface area contributed by atoms with Gasteiger partial charge in [-0.2, -0.15) is 0 Å². The maximum absolute atomic E-state index is 10.1. The number of rotatable bonds is 6. The van der Waals surface area contributed by atoms with Crippen LogP contribution in [0, 0.1) is 0 Å². The van der Waals surface area contributed by atoms with Crippen LogP contribution in [0.15, 0.2) is 48.5 Å². The number of fused-ring (bicyclic) bond motifs is 1. The van der Waals surface area contributed by atoms with Crippen molar-refractivity contribution < 1.29 is 9.84 Å². The number of para-hydroxylation sites is 1. The first-order chi connectivity index (χ1) is 11.2. The monoisotopic (exact) mass is 367 g/mol. The molecule has 1 aliphatic carbocycles. The van der Waals surface area contributed by atoms with Gasteiger partial charge in [-0.05, 0) is 42.5 Å². The standard InChI is InChI=1S/C19H22ClNO2.ClH/c20-18-7-3-4-8-19(18)23-13-17(22)12-21-16-10-9-14-5-1-2-6-15(14)11-16;/h1-8,16-17,21-22H,9-13H2;1H. The van der Waals surface area contributed by atoms with Crippen LogP contribution < -0.4 is 10.1 Å². The lowest BCUT2D eigenvalue weighted by Gasteiger charge is -2.26. The summed E-state index contributed by atoms with van der Waals surface area (Å²) < 4.78 is 5.57. The summed E-state index contributed by atoms with van der Waals surface area (Å²) in [5, 5.41) is 14.1. The van der Waals surface area contributed by atoms with Gasteiger partial charge in [0, 0.05) is 12.6 Å². The lowest BCUT2D eigenvalue weighted by Crippen LogP contribution is -2.40. The number of aliphatic hydroxyl groups is 1. The molecule has 0 spiro atoms. The molecule has 3 rings (SSSR count). The van der Waals surface area contributed by atoms with E-state index in [4.69, 9.17) is 16.3 Å². The first kappa shape index (κ1) is 19.1. The molecule has 0 bridgehead atoms. The average molecular weight is 368 g/mol. The predicted molar refractivity (Wildman–Crippen MR) is 100 cm³/mol. The van der Waals surface area contributed by atoms with Crippen LogP contribution in [-0.4, -0.2) is 30.4 Å². The van der Waals surface area contributed by atoms with Crippen LogP contribution in [0.5, 0.6) is 5.75 Å². The molecular weight excluding hydrogens is 345 g/mol. The number of benzene rings is 2. The van der Waals surface area contributed by atoms with E-state index in [2.05, 4.69) is 29.6 Å². The SMILES string of the molecule is Cl.OC(CNC1CCc2ccccc2C1)COc1ccccc1Cl. The zero-order chi connectivity index (χ0) is 16.1. The van der Waals surface area contributed by atoms with Crippen molar-refractivity contribution in [3.63, 3.8) is 0 Å². The van der Waals surface area contributed by atoms with Gasteiger partial charge in [-0.25, -0.2) is 0 Å². The highest BCUT2D eigenvalue weighted by Crippen LogP contribution is 2.23. The van der Waals surface area contributed by atoms with Crippen molar-refractivity contribution in [2.75, 3.05) is 13.2 Å². The van der Waals surface area contributed by atoms with E-state index in [1.807, 2.05) is 12.1 Å². The molecule has 2 N–H and O–H groups in total. The quantitative estimate of drug-likeness (QED) is 0.818. The Balaban J connectivity index is 0.00000208. The normalized spacial score (nSPS) is 17.5. The van der Waals surface area contributed by atoms with E-state index in [9.17, 15) is 5.11 Å². The van der Waals surface area contributed by atoms with Gasteiger partial charge in [-0.15, -0.1) is 12.4 Å². The molecule has 2 aromatic carbocycles. The molecule has 2 atom stereocenters. The summed E-state index contributed by atoms with van der Waals surface area (Å²) in [6.07, 6.45) is 2.67. The third kappa shape index (κ3) is 5.12.